The number of amides is 1. The second kappa shape index (κ2) is 4.70. The monoisotopic (exact) mass is 189 g/mol. The molecule has 3 heteroatoms. The van der Waals surface area contributed by atoms with E-state index in [0.717, 1.165) is 12.3 Å². The van der Waals surface area contributed by atoms with Crippen LogP contribution in [0.3, 0.4) is 0 Å². The minimum absolute atomic E-state index is 0.148. The number of halogens is 1. The molecule has 0 bridgehead atoms. The number of hydrogen-bond donors (Lipinski definition) is 1. The molecule has 1 unspecified atom stereocenters. The van der Waals surface area contributed by atoms with E-state index in [0.29, 0.717) is 18.3 Å². The molecule has 1 aliphatic carbocycles. The third-order valence-electron chi connectivity index (χ3n) is 2.26. The lowest BCUT2D eigenvalue weighted by Crippen LogP contribution is -2.33. The van der Waals surface area contributed by atoms with Gasteiger partial charge in [-0.05, 0) is 32.1 Å². The van der Waals surface area contributed by atoms with Gasteiger partial charge in [0.15, 0.2) is 0 Å². The molecule has 1 atom stereocenters. The van der Waals surface area contributed by atoms with Crippen molar-refractivity contribution >= 4 is 17.5 Å². The maximum absolute atomic E-state index is 11.2. The molecule has 1 aliphatic rings. The van der Waals surface area contributed by atoms with Gasteiger partial charge in [0, 0.05) is 18.3 Å². The molecule has 1 N–H and O–H groups in total. The quantitative estimate of drug-likeness (QED) is 0.658. The standard InChI is InChI=1S/C9H16ClNO/c1-7(8-4-5-8)11-9(12)3-2-6-10/h7-8H,2-6H2,1H3,(H,11,12). The highest BCUT2D eigenvalue weighted by Crippen LogP contribution is 2.32. The molecule has 0 saturated heterocycles. The number of alkyl halides is 1. The summed E-state index contributed by atoms with van der Waals surface area (Å²) in [7, 11) is 0. The SMILES string of the molecule is CC(NC(=O)CCCCl)C1CC1. The first kappa shape index (κ1) is 9.85. The molecule has 0 heterocycles. The van der Waals surface area contributed by atoms with E-state index in [1.165, 1.54) is 12.8 Å². The van der Waals surface area contributed by atoms with Crippen LogP contribution in [0.1, 0.15) is 32.6 Å². The van der Waals surface area contributed by atoms with Crippen LogP contribution in [0.4, 0.5) is 0 Å². The molecule has 12 heavy (non-hydrogen) atoms. The number of carbonyl (C=O) groups is 1. The summed E-state index contributed by atoms with van der Waals surface area (Å²) in [6, 6.07) is 0.368. The first-order chi connectivity index (χ1) is 5.74. The molecular formula is C9H16ClNO. The Morgan fingerprint density at radius 3 is 2.83 bits per heavy atom. The second-order valence-corrected chi connectivity index (χ2v) is 3.86. The van der Waals surface area contributed by atoms with Crippen molar-refractivity contribution < 1.29 is 4.79 Å². The highest BCUT2D eigenvalue weighted by molar-refractivity contribution is 6.17. The van der Waals surface area contributed by atoms with Gasteiger partial charge >= 0.3 is 0 Å². The molecule has 1 rings (SSSR count). The second-order valence-electron chi connectivity index (χ2n) is 3.49. The van der Waals surface area contributed by atoms with Crippen LogP contribution < -0.4 is 5.32 Å². The topological polar surface area (TPSA) is 29.1 Å². The largest absolute Gasteiger partial charge is 0.353 e. The lowest BCUT2D eigenvalue weighted by molar-refractivity contribution is -0.121. The molecular weight excluding hydrogens is 174 g/mol. The first-order valence-corrected chi connectivity index (χ1v) is 5.13. The summed E-state index contributed by atoms with van der Waals surface area (Å²) >= 11 is 5.48. The van der Waals surface area contributed by atoms with Crippen molar-refractivity contribution in [1.82, 2.24) is 5.32 Å². The van der Waals surface area contributed by atoms with E-state index in [1.807, 2.05) is 0 Å². The molecule has 70 valence electrons. The van der Waals surface area contributed by atoms with Gasteiger partial charge in [-0.3, -0.25) is 4.79 Å². The third-order valence-corrected chi connectivity index (χ3v) is 2.52. The Balaban J connectivity index is 2.07. The van der Waals surface area contributed by atoms with Crippen molar-refractivity contribution in [3.8, 4) is 0 Å². The Morgan fingerprint density at radius 1 is 1.67 bits per heavy atom. The zero-order chi connectivity index (χ0) is 8.97. The summed E-state index contributed by atoms with van der Waals surface area (Å²) in [5.41, 5.74) is 0. The highest BCUT2D eigenvalue weighted by atomic mass is 35.5. The van der Waals surface area contributed by atoms with Gasteiger partial charge < -0.3 is 5.32 Å². The number of nitrogens with one attached hydrogen (secondary N) is 1. The summed E-state index contributed by atoms with van der Waals surface area (Å²) in [4.78, 5) is 11.2. The minimum Gasteiger partial charge on any atom is -0.353 e. The predicted octanol–water partition coefficient (Wildman–Crippen LogP) is 1.92. The minimum atomic E-state index is 0.148. The van der Waals surface area contributed by atoms with Crippen LogP contribution in [0.25, 0.3) is 0 Å². The Kier molecular flexibility index (Phi) is 3.86. The van der Waals surface area contributed by atoms with Gasteiger partial charge in [-0.2, -0.15) is 0 Å². The fourth-order valence-electron chi connectivity index (χ4n) is 1.27. The molecule has 0 aromatic carbocycles. The van der Waals surface area contributed by atoms with E-state index in [9.17, 15) is 4.79 Å². The number of carbonyl (C=O) groups excluding carboxylic acids is 1. The molecule has 0 aromatic rings. The summed E-state index contributed by atoms with van der Waals surface area (Å²) in [6.07, 6.45) is 3.90. The van der Waals surface area contributed by atoms with Crippen molar-refractivity contribution in [2.24, 2.45) is 5.92 Å². The Bertz CT molecular complexity index is 157. The molecule has 1 amide bonds. The van der Waals surface area contributed by atoms with E-state index >= 15 is 0 Å². The maximum atomic E-state index is 11.2. The summed E-state index contributed by atoms with van der Waals surface area (Å²) in [5, 5.41) is 2.98. The van der Waals surface area contributed by atoms with E-state index in [2.05, 4.69) is 12.2 Å². The average molecular weight is 190 g/mol. The molecule has 0 aliphatic heterocycles. The summed E-state index contributed by atoms with van der Waals surface area (Å²) in [5.74, 6) is 1.46. The average Bonchev–Trinajstić information content (AvgIpc) is 2.82. The molecule has 0 radical (unpaired) electrons. The van der Waals surface area contributed by atoms with E-state index in [4.69, 9.17) is 11.6 Å². The third kappa shape index (κ3) is 3.44. The van der Waals surface area contributed by atoms with Gasteiger partial charge in [-0.15, -0.1) is 11.6 Å². The highest BCUT2D eigenvalue weighted by Gasteiger charge is 2.28. The normalized spacial score (nSPS) is 18.8. The van der Waals surface area contributed by atoms with Gasteiger partial charge in [0.25, 0.3) is 0 Å². The molecule has 1 fully saturated rings. The zero-order valence-corrected chi connectivity index (χ0v) is 8.23. The van der Waals surface area contributed by atoms with Gasteiger partial charge in [-0.1, -0.05) is 0 Å². The van der Waals surface area contributed by atoms with Crippen molar-refractivity contribution in [3.05, 3.63) is 0 Å². The van der Waals surface area contributed by atoms with E-state index in [-0.39, 0.29) is 5.91 Å². The summed E-state index contributed by atoms with van der Waals surface area (Å²) < 4.78 is 0. The molecule has 2 nitrogen and oxygen atoms in total. The predicted molar refractivity (Wildman–Crippen MR) is 50.3 cm³/mol. The lowest BCUT2D eigenvalue weighted by atomic mass is 10.2. The van der Waals surface area contributed by atoms with E-state index < -0.39 is 0 Å². The van der Waals surface area contributed by atoms with Crippen LogP contribution in [-0.2, 0) is 4.79 Å². The molecule has 0 aromatic heterocycles. The Hall–Kier alpha value is -0.240. The van der Waals surface area contributed by atoms with Crippen LogP contribution in [0.5, 0.6) is 0 Å². The van der Waals surface area contributed by atoms with Gasteiger partial charge in [0.2, 0.25) is 5.91 Å². The maximum Gasteiger partial charge on any atom is 0.220 e. The van der Waals surface area contributed by atoms with Gasteiger partial charge in [0.1, 0.15) is 0 Å². The fourth-order valence-corrected chi connectivity index (χ4v) is 1.40. The van der Waals surface area contributed by atoms with E-state index in [1.54, 1.807) is 0 Å². The van der Waals surface area contributed by atoms with Gasteiger partial charge in [-0.25, -0.2) is 0 Å². The van der Waals surface area contributed by atoms with Crippen molar-refractivity contribution in [1.29, 1.82) is 0 Å². The van der Waals surface area contributed by atoms with Crippen molar-refractivity contribution in [3.63, 3.8) is 0 Å². The molecule has 1 saturated carbocycles. The summed E-state index contributed by atoms with van der Waals surface area (Å²) in [6.45, 7) is 2.08. The van der Waals surface area contributed by atoms with Gasteiger partial charge in [0.05, 0.1) is 0 Å². The fraction of sp³-hybridized carbons (Fsp3) is 0.889. The van der Waals surface area contributed by atoms with Crippen LogP contribution >= 0.6 is 11.6 Å². The van der Waals surface area contributed by atoms with Crippen LogP contribution in [0.15, 0.2) is 0 Å². The van der Waals surface area contributed by atoms with Crippen molar-refractivity contribution in [2.75, 3.05) is 5.88 Å². The first-order valence-electron chi connectivity index (χ1n) is 4.59. The Morgan fingerprint density at radius 2 is 2.33 bits per heavy atom. The van der Waals surface area contributed by atoms with Crippen molar-refractivity contribution in [2.45, 2.75) is 38.6 Å². The zero-order valence-electron chi connectivity index (χ0n) is 7.48. The number of hydrogen-bond acceptors (Lipinski definition) is 1. The molecule has 0 spiro atoms. The van der Waals surface area contributed by atoms with Crippen LogP contribution in [0, 0.1) is 5.92 Å². The van der Waals surface area contributed by atoms with Crippen LogP contribution in [-0.4, -0.2) is 17.8 Å². The van der Waals surface area contributed by atoms with Crippen LogP contribution in [0.2, 0.25) is 0 Å². The lowest BCUT2D eigenvalue weighted by Gasteiger charge is -2.11. The smallest absolute Gasteiger partial charge is 0.220 e. The Labute approximate surface area is 78.7 Å². The number of rotatable bonds is 5.